The second-order valence-electron chi connectivity index (χ2n) is 3.57. The fourth-order valence-electron chi connectivity index (χ4n) is 1.45. The van der Waals surface area contributed by atoms with Gasteiger partial charge in [0.2, 0.25) is 0 Å². The quantitative estimate of drug-likeness (QED) is 0.899. The van der Waals surface area contributed by atoms with Crippen LogP contribution in [0.3, 0.4) is 0 Å². The summed E-state index contributed by atoms with van der Waals surface area (Å²) in [5.74, 6) is 1.23. The number of methoxy groups -OCH3 is 1. The highest BCUT2D eigenvalue weighted by molar-refractivity contribution is 9.10. The number of aromatic nitrogens is 1. The van der Waals surface area contributed by atoms with E-state index < -0.39 is 0 Å². The lowest BCUT2D eigenvalue weighted by Crippen LogP contribution is -1.98. The third-order valence-corrected chi connectivity index (χ3v) is 3.06. The molecule has 0 saturated carbocycles. The zero-order chi connectivity index (χ0) is 13.1. The van der Waals surface area contributed by atoms with E-state index in [0.717, 1.165) is 10.2 Å². The molecule has 0 aliphatic rings. The molecule has 0 saturated heterocycles. The van der Waals surface area contributed by atoms with Crippen LogP contribution in [0.4, 0.5) is 17.2 Å². The summed E-state index contributed by atoms with van der Waals surface area (Å²) in [4.78, 5) is 4.14. The summed E-state index contributed by atoms with van der Waals surface area (Å²) in [6.07, 6.45) is 1.54. The van der Waals surface area contributed by atoms with Gasteiger partial charge in [0, 0.05) is 4.47 Å². The molecule has 0 amide bonds. The molecule has 2 rings (SSSR count). The van der Waals surface area contributed by atoms with Gasteiger partial charge in [0.25, 0.3) is 0 Å². The van der Waals surface area contributed by atoms with Gasteiger partial charge in [0.1, 0.15) is 11.6 Å². The van der Waals surface area contributed by atoms with Crippen LogP contribution in [0, 0.1) is 0 Å². The van der Waals surface area contributed by atoms with Crippen molar-refractivity contribution in [2.24, 2.45) is 0 Å². The first-order valence-corrected chi connectivity index (χ1v) is 6.29. The fourth-order valence-corrected chi connectivity index (χ4v) is 2.03. The minimum atomic E-state index is 0.456. The second-order valence-corrected chi connectivity index (χ2v) is 4.89. The highest BCUT2D eigenvalue weighted by atomic mass is 79.9. The van der Waals surface area contributed by atoms with Gasteiger partial charge in [0.05, 0.1) is 29.7 Å². The van der Waals surface area contributed by atoms with Crippen LogP contribution < -0.4 is 15.8 Å². The lowest BCUT2D eigenvalue weighted by Gasteiger charge is -2.12. The molecule has 0 bridgehead atoms. The molecule has 0 aliphatic heterocycles. The topological polar surface area (TPSA) is 60.2 Å². The number of nitrogens with one attached hydrogen (secondary N) is 1. The van der Waals surface area contributed by atoms with Crippen LogP contribution in [-0.4, -0.2) is 12.1 Å². The van der Waals surface area contributed by atoms with Gasteiger partial charge in [-0.15, -0.1) is 0 Å². The maximum Gasteiger partial charge on any atom is 0.149 e. The monoisotopic (exact) mass is 327 g/mol. The molecule has 1 aromatic carbocycles. The zero-order valence-corrected chi connectivity index (χ0v) is 11.9. The Labute approximate surface area is 118 Å². The minimum absolute atomic E-state index is 0.456. The van der Waals surface area contributed by atoms with E-state index in [-0.39, 0.29) is 0 Å². The molecular formula is C12H11BrClN3O. The van der Waals surface area contributed by atoms with E-state index in [0.29, 0.717) is 22.3 Å². The summed E-state index contributed by atoms with van der Waals surface area (Å²) in [6, 6.07) is 7.26. The first kappa shape index (κ1) is 13.0. The third kappa shape index (κ3) is 2.86. The van der Waals surface area contributed by atoms with Crippen LogP contribution in [-0.2, 0) is 0 Å². The molecular weight excluding hydrogens is 318 g/mol. The largest absolute Gasteiger partial charge is 0.495 e. The second kappa shape index (κ2) is 5.46. The highest BCUT2D eigenvalue weighted by Gasteiger charge is 2.07. The highest BCUT2D eigenvalue weighted by Crippen LogP contribution is 2.32. The van der Waals surface area contributed by atoms with Crippen molar-refractivity contribution in [2.45, 2.75) is 0 Å². The molecule has 4 nitrogen and oxygen atoms in total. The summed E-state index contributed by atoms with van der Waals surface area (Å²) in [5.41, 5.74) is 6.88. The van der Waals surface area contributed by atoms with E-state index in [1.807, 2.05) is 18.2 Å². The summed E-state index contributed by atoms with van der Waals surface area (Å²) in [5, 5.41) is 3.56. The molecule has 1 aromatic heterocycles. The van der Waals surface area contributed by atoms with Crippen LogP contribution in [0.2, 0.25) is 5.02 Å². The number of pyridine rings is 1. The number of nitrogen functional groups attached to an aromatic ring is 1. The SMILES string of the molecule is COc1ccc(Br)cc1Nc1ncc(N)cc1Cl. The van der Waals surface area contributed by atoms with E-state index >= 15 is 0 Å². The molecule has 0 aliphatic carbocycles. The average molecular weight is 329 g/mol. The maximum atomic E-state index is 6.06. The van der Waals surface area contributed by atoms with Crippen LogP contribution in [0.1, 0.15) is 0 Å². The zero-order valence-electron chi connectivity index (χ0n) is 9.58. The molecule has 0 spiro atoms. The van der Waals surface area contributed by atoms with E-state index in [4.69, 9.17) is 22.1 Å². The Hall–Kier alpha value is -1.46. The summed E-state index contributed by atoms with van der Waals surface area (Å²) < 4.78 is 6.19. The number of halogens is 2. The van der Waals surface area contributed by atoms with E-state index in [9.17, 15) is 0 Å². The van der Waals surface area contributed by atoms with Gasteiger partial charge >= 0.3 is 0 Å². The molecule has 18 heavy (non-hydrogen) atoms. The molecule has 0 atom stereocenters. The predicted molar refractivity (Wildman–Crippen MR) is 77.6 cm³/mol. The number of rotatable bonds is 3. The van der Waals surface area contributed by atoms with E-state index in [1.54, 1.807) is 19.4 Å². The van der Waals surface area contributed by atoms with Crippen molar-refractivity contribution in [3.63, 3.8) is 0 Å². The summed E-state index contributed by atoms with van der Waals surface area (Å²) in [7, 11) is 1.60. The Balaban J connectivity index is 2.36. The van der Waals surface area contributed by atoms with E-state index in [2.05, 4.69) is 26.2 Å². The lowest BCUT2D eigenvalue weighted by molar-refractivity contribution is 0.416. The van der Waals surface area contributed by atoms with Crippen LogP contribution in [0.15, 0.2) is 34.9 Å². The predicted octanol–water partition coefficient (Wildman–Crippen LogP) is 3.83. The Bertz CT molecular complexity index is 577. The van der Waals surface area contributed by atoms with Crippen LogP contribution >= 0.6 is 27.5 Å². The Kier molecular flexibility index (Phi) is 3.93. The van der Waals surface area contributed by atoms with Crippen molar-refractivity contribution < 1.29 is 4.74 Å². The van der Waals surface area contributed by atoms with Crippen molar-refractivity contribution in [1.29, 1.82) is 0 Å². The Morgan fingerprint density at radius 3 is 2.83 bits per heavy atom. The van der Waals surface area contributed by atoms with Crippen molar-refractivity contribution in [3.8, 4) is 5.75 Å². The van der Waals surface area contributed by atoms with Crippen molar-refractivity contribution >= 4 is 44.7 Å². The van der Waals surface area contributed by atoms with Gasteiger partial charge in [-0.05, 0) is 24.3 Å². The first-order valence-electron chi connectivity index (χ1n) is 5.11. The molecule has 2 aromatic rings. The van der Waals surface area contributed by atoms with Crippen molar-refractivity contribution in [2.75, 3.05) is 18.2 Å². The van der Waals surface area contributed by atoms with Gasteiger partial charge in [-0.2, -0.15) is 0 Å². The number of anilines is 3. The van der Waals surface area contributed by atoms with Crippen molar-refractivity contribution in [3.05, 3.63) is 40.0 Å². The van der Waals surface area contributed by atoms with Crippen molar-refractivity contribution in [1.82, 2.24) is 4.98 Å². The van der Waals surface area contributed by atoms with Gasteiger partial charge in [0.15, 0.2) is 0 Å². The Morgan fingerprint density at radius 1 is 1.39 bits per heavy atom. The van der Waals surface area contributed by atoms with Gasteiger partial charge in [-0.3, -0.25) is 0 Å². The molecule has 0 radical (unpaired) electrons. The summed E-state index contributed by atoms with van der Waals surface area (Å²) in [6.45, 7) is 0. The smallest absolute Gasteiger partial charge is 0.149 e. The average Bonchev–Trinajstić information content (AvgIpc) is 2.33. The standard InChI is InChI=1S/C12H11BrClN3O/c1-18-11-3-2-7(13)4-10(11)17-12-9(14)5-8(15)6-16-12/h2-6H,15H2,1H3,(H,16,17). The van der Waals surface area contributed by atoms with Crippen LogP contribution in [0.5, 0.6) is 5.75 Å². The Morgan fingerprint density at radius 2 is 2.17 bits per heavy atom. The number of nitrogens with zero attached hydrogens (tertiary/aromatic N) is 1. The first-order chi connectivity index (χ1) is 8.60. The maximum absolute atomic E-state index is 6.06. The minimum Gasteiger partial charge on any atom is -0.495 e. The molecule has 94 valence electrons. The number of ether oxygens (including phenoxy) is 1. The number of hydrogen-bond donors (Lipinski definition) is 2. The number of benzene rings is 1. The molecule has 0 fully saturated rings. The lowest BCUT2D eigenvalue weighted by atomic mass is 10.3. The van der Waals surface area contributed by atoms with Gasteiger partial charge in [-0.25, -0.2) is 4.98 Å². The third-order valence-electron chi connectivity index (χ3n) is 2.28. The number of nitrogens with two attached hydrogens (primary N) is 1. The molecule has 3 N–H and O–H groups in total. The van der Waals surface area contributed by atoms with Gasteiger partial charge in [-0.1, -0.05) is 27.5 Å². The fraction of sp³-hybridized carbons (Fsp3) is 0.0833. The molecule has 6 heteroatoms. The molecule has 0 unspecified atom stereocenters. The number of hydrogen-bond acceptors (Lipinski definition) is 4. The van der Waals surface area contributed by atoms with Crippen LogP contribution in [0.25, 0.3) is 0 Å². The molecule has 1 heterocycles. The summed E-state index contributed by atoms with van der Waals surface area (Å²) >= 11 is 9.46. The van der Waals surface area contributed by atoms with E-state index in [1.165, 1.54) is 0 Å². The van der Waals surface area contributed by atoms with Gasteiger partial charge < -0.3 is 15.8 Å². The normalized spacial score (nSPS) is 10.2.